The third-order valence-electron chi connectivity index (χ3n) is 3.45. The van der Waals surface area contributed by atoms with E-state index < -0.39 is 0 Å². The number of carbonyl (C=O) groups excluding carboxylic acids is 1. The van der Waals surface area contributed by atoms with Crippen LogP contribution in [0.5, 0.6) is 0 Å². The molecule has 106 valence electrons. The van der Waals surface area contributed by atoms with Gasteiger partial charge in [-0.2, -0.15) is 11.3 Å². The van der Waals surface area contributed by atoms with E-state index in [0.29, 0.717) is 12.6 Å². The van der Waals surface area contributed by atoms with E-state index in [1.165, 1.54) is 5.56 Å². The minimum Gasteiger partial charge on any atom is -0.450 e. The molecular formula is C14H22N2O2S. The first-order chi connectivity index (χ1) is 9.29. The van der Waals surface area contributed by atoms with Crippen LogP contribution < -0.4 is 5.32 Å². The van der Waals surface area contributed by atoms with Crippen LogP contribution in [0.1, 0.15) is 25.3 Å². The molecule has 1 fully saturated rings. The largest absolute Gasteiger partial charge is 0.450 e. The highest BCUT2D eigenvalue weighted by atomic mass is 32.1. The molecule has 0 spiro atoms. The van der Waals surface area contributed by atoms with Crippen LogP contribution in [0.25, 0.3) is 0 Å². The van der Waals surface area contributed by atoms with Crippen LogP contribution in [0.2, 0.25) is 0 Å². The fraction of sp³-hybridized carbons (Fsp3) is 0.643. The number of amides is 1. The van der Waals surface area contributed by atoms with Gasteiger partial charge in [0.2, 0.25) is 0 Å². The van der Waals surface area contributed by atoms with Crippen LogP contribution >= 0.6 is 11.3 Å². The van der Waals surface area contributed by atoms with Crippen molar-refractivity contribution in [1.29, 1.82) is 0 Å². The van der Waals surface area contributed by atoms with Gasteiger partial charge in [-0.3, -0.25) is 0 Å². The van der Waals surface area contributed by atoms with Crippen LogP contribution in [0, 0.1) is 0 Å². The third kappa shape index (κ3) is 4.51. The maximum Gasteiger partial charge on any atom is 0.409 e. The topological polar surface area (TPSA) is 41.6 Å². The maximum atomic E-state index is 11.6. The second-order valence-corrected chi connectivity index (χ2v) is 5.58. The summed E-state index contributed by atoms with van der Waals surface area (Å²) < 4.78 is 5.01. The summed E-state index contributed by atoms with van der Waals surface area (Å²) in [5.74, 6) is 0. The molecule has 2 rings (SSSR count). The number of rotatable bonds is 5. The zero-order valence-corrected chi connectivity index (χ0v) is 12.2. The molecule has 0 aromatic carbocycles. The average molecular weight is 282 g/mol. The Balaban J connectivity index is 1.62. The van der Waals surface area contributed by atoms with Crippen LogP contribution in [-0.2, 0) is 11.2 Å². The standard InChI is InChI=1S/C14H22N2O2S/c1-2-18-14(17)16-8-4-13(5-9-16)15-7-3-12-6-10-19-11-12/h6,10-11,13,15H,2-5,7-9H2,1H3. The smallest absolute Gasteiger partial charge is 0.409 e. The molecule has 1 saturated heterocycles. The number of nitrogens with one attached hydrogen (secondary N) is 1. The van der Waals surface area contributed by atoms with Crippen molar-refractivity contribution >= 4 is 17.4 Å². The van der Waals surface area contributed by atoms with Gasteiger partial charge in [0.15, 0.2) is 0 Å². The van der Waals surface area contributed by atoms with E-state index in [4.69, 9.17) is 4.74 Å². The lowest BCUT2D eigenvalue weighted by molar-refractivity contribution is 0.0952. The highest BCUT2D eigenvalue weighted by Gasteiger charge is 2.22. The number of hydrogen-bond acceptors (Lipinski definition) is 4. The van der Waals surface area contributed by atoms with Crippen molar-refractivity contribution in [2.45, 2.75) is 32.2 Å². The Labute approximate surface area is 118 Å². The summed E-state index contributed by atoms with van der Waals surface area (Å²) >= 11 is 1.75. The van der Waals surface area contributed by atoms with Gasteiger partial charge in [-0.25, -0.2) is 4.79 Å². The Morgan fingerprint density at radius 2 is 2.32 bits per heavy atom. The third-order valence-corrected chi connectivity index (χ3v) is 4.18. The Kier molecular flexibility index (Phi) is 5.66. The number of hydrogen-bond donors (Lipinski definition) is 1. The first-order valence-electron chi connectivity index (χ1n) is 6.95. The Morgan fingerprint density at radius 1 is 1.53 bits per heavy atom. The van der Waals surface area contributed by atoms with Crippen molar-refractivity contribution in [2.75, 3.05) is 26.2 Å². The molecule has 19 heavy (non-hydrogen) atoms. The molecule has 0 atom stereocenters. The molecule has 0 saturated carbocycles. The Morgan fingerprint density at radius 3 is 2.95 bits per heavy atom. The first-order valence-corrected chi connectivity index (χ1v) is 7.90. The Hall–Kier alpha value is -1.07. The number of thiophene rings is 1. The van der Waals surface area contributed by atoms with Crippen LogP contribution in [0.3, 0.4) is 0 Å². The molecule has 0 aliphatic carbocycles. The summed E-state index contributed by atoms with van der Waals surface area (Å²) in [5.41, 5.74) is 1.40. The minimum atomic E-state index is -0.167. The summed E-state index contributed by atoms with van der Waals surface area (Å²) in [7, 11) is 0. The predicted molar refractivity (Wildman–Crippen MR) is 77.6 cm³/mol. The van der Waals surface area contributed by atoms with Crippen molar-refractivity contribution < 1.29 is 9.53 Å². The fourth-order valence-electron chi connectivity index (χ4n) is 2.34. The van der Waals surface area contributed by atoms with Crippen molar-refractivity contribution in [3.8, 4) is 0 Å². The average Bonchev–Trinajstić information content (AvgIpc) is 2.93. The van der Waals surface area contributed by atoms with E-state index in [1.54, 1.807) is 16.2 Å². The lowest BCUT2D eigenvalue weighted by atomic mass is 10.1. The van der Waals surface area contributed by atoms with Gasteiger partial charge in [0, 0.05) is 19.1 Å². The molecule has 0 bridgehead atoms. The zero-order chi connectivity index (χ0) is 13.5. The van der Waals surface area contributed by atoms with E-state index in [0.717, 1.165) is 38.9 Å². The first kappa shape index (κ1) is 14.3. The number of nitrogens with zero attached hydrogens (tertiary/aromatic N) is 1. The summed E-state index contributed by atoms with van der Waals surface area (Å²) in [6.07, 6.45) is 2.95. The Bertz CT molecular complexity index is 373. The normalized spacial score (nSPS) is 16.6. The van der Waals surface area contributed by atoms with E-state index >= 15 is 0 Å². The van der Waals surface area contributed by atoms with Gasteiger partial charge in [0.25, 0.3) is 0 Å². The van der Waals surface area contributed by atoms with Crippen molar-refractivity contribution in [3.63, 3.8) is 0 Å². The van der Waals surface area contributed by atoms with Gasteiger partial charge in [0.05, 0.1) is 6.61 Å². The fourth-order valence-corrected chi connectivity index (χ4v) is 3.04. The van der Waals surface area contributed by atoms with Crippen LogP contribution in [-0.4, -0.2) is 43.3 Å². The molecule has 1 aromatic rings. The van der Waals surface area contributed by atoms with E-state index in [2.05, 4.69) is 22.1 Å². The highest BCUT2D eigenvalue weighted by molar-refractivity contribution is 7.07. The molecule has 2 heterocycles. The number of piperidine rings is 1. The molecule has 0 unspecified atom stereocenters. The molecule has 1 aliphatic heterocycles. The number of likely N-dealkylation sites (tertiary alicyclic amines) is 1. The second kappa shape index (κ2) is 7.50. The van der Waals surface area contributed by atoms with Gasteiger partial charge in [-0.1, -0.05) is 0 Å². The van der Waals surface area contributed by atoms with E-state index in [1.807, 2.05) is 6.92 Å². The lowest BCUT2D eigenvalue weighted by Gasteiger charge is -2.31. The van der Waals surface area contributed by atoms with E-state index in [9.17, 15) is 4.79 Å². The predicted octanol–water partition coefficient (Wildman–Crippen LogP) is 2.50. The van der Waals surface area contributed by atoms with Crippen molar-refractivity contribution in [3.05, 3.63) is 22.4 Å². The van der Waals surface area contributed by atoms with Crippen LogP contribution in [0.4, 0.5) is 4.79 Å². The van der Waals surface area contributed by atoms with Gasteiger partial charge in [-0.05, 0) is 55.1 Å². The molecule has 1 aliphatic rings. The van der Waals surface area contributed by atoms with Crippen molar-refractivity contribution in [2.24, 2.45) is 0 Å². The summed E-state index contributed by atoms with van der Waals surface area (Å²) in [4.78, 5) is 13.4. The monoisotopic (exact) mass is 282 g/mol. The molecule has 5 heteroatoms. The summed E-state index contributed by atoms with van der Waals surface area (Å²) in [6, 6.07) is 2.71. The SMILES string of the molecule is CCOC(=O)N1CCC(NCCc2ccsc2)CC1. The number of carbonyl (C=O) groups is 1. The minimum absolute atomic E-state index is 0.167. The molecular weight excluding hydrogens is 260 g/mol. The van der Waals surface area contributed by atoms with Crippen LogP contribution in [0.15, 0.2) is 16.8 Å². The number of ether oxygens (including phenoxy) is 1. The molecule has 4 nitrogen and oxygen atoms in total. The molecule has 1 amide bonds. The molecule has 0 radical (unpaired) electrons. The lowest BCUT2D eigenvalue weighted by Crippen LogP contribution is -2.45. The quantitative estimate of drug-likeness (QED) is 0.902. The molecule has 1 aromatic heterocycles. The highest BCUT2D eigenvalue weighted by Crippen LogP contribution is 2.12. The molecule has 1 N–H and O–H groups in total. The van der Waals surface area contributed by atoms with E-state index in [-0.39, 0.29) is 6.09 Å². The summed E-state index contributed by atoms with van der Waals surface area (Å²) in [6.45, 7) is 4.92. The van der Waals surface area contributed by atoms with Gasteiger partial charge >= 0.3 is 6.09 Å². The van der Waals surface area contributed by atoms with Gasteiger partial charge in [0.1, 0.15) is 0 Å². The zero-order valence-electron chi connectivity index (χ0n) is 11.4. The van der Waals surface area contributed by atoms with Gasteiger partial charge in [-0.15, -0.1) is 0 Å². The summed E-state index contributed by atoms with van der Waals surface area (Å²) in [5, 5.41) is 7.89. The van der Waals surface area contributed by atoms with Crippen molar-refractivity contribution in [1.82, 2.24) is 10.2 Å². The maximum absolute atomic E-state index is 11.6. The second-order valence-electron chi connectivity index (χ2n) is 4.80. The van der Waals surface area contributed by atoms with Gasteiger partial charge < -0.3 is 15.0 Å².